The van der Waals surface area contributed by atoms with Crippen LogP contribution in [0.3, 0.4) is 0 Å². The van der Waals surface area contributed by atoms with Crippen molar-refractivity contribution in [3.05, 3.63) is 51.3 Å². The van der Waals surface area contributed by atoms with E-state index in [1.165, 1.54) is 11.3 Å². The van der Waals surface area contributed by atoms with Crippen LogP contribution < -0.4 is 14.8 Å². The number of rotatable bonds is 4. The number of piperazine rings is 1. The number of benzene rings is 2. The first-order valence-electron chi connectivity index (χ1n) is 9.86. The van der Waals surface area contributed by atoms with Crippen LogP contribution >= 0.6 is 46.8 Å². The van der Waals surface area contributed by atoms with E-state index in [0.717, 1.165) is 15.8 Å². The highest BCUT2D eigenvalue weighted by atomic mass is 35.5. The van der Waals surface area contributed by atoms with Crippen molar-refractivity contribution in [1.82, 2.24) is 9.80 Å². The summed E-state index contributed by atoms with van der Waals surface area (Å²) < 4.78 is 11.6. The average molecular weight is 510 g/mol. The molecule has 3 aromatic rings. The smallest absolute Gasteiger partial charge is 0.265 e. The van der Waals surface area contributed by atoms with E-state index in [9.17, 15) is 4.79 Å². The zero-order valence-electron chi connectivity index (χ0n) is 17.5. The molecule has 6 nitrogen and oxygen atoms in total. The number of hydrogen-bond acceptors (Lipinski definition) is 5. The molecule has 168 valence electrons. The molecule has 1 fully saturated rings. The number of halogens is 2. The van der Waals surface area contributed by atoms with Gasteiger partial charge < -0.3 is 24.6 Å². The average Bonchev–Trinajstić information content (AvgIpc) is 3.14. The Morgan fingerprint density at radius 1 is 1.03 bits per heavy atom. The number of methoxy groups -OCH3 is 2. The van der Waals surface area contributed by atoms with E-state index in [-0.39, 0.29) is 5.91 Å². The number of carbonyl (C=O) groups is 1. The minimum absolute atomic E-state index is 0.0670. The molecule has 0 radical (unpaired) electrons. The zero-order chi connectivity index (χ0) is 22.8. The lowest BCUT2D eigenvalue weighted by Crippen LogP contribution is -2.51. The predicted molar refractivity (Wildman–Crippen MR) is 135 cm³/mol. The summed E-state index contributed by atoms with van der Waals surface area (Å²) in [6.45, 7) is 2.33. The standard InChI is InChI=1S/C22H21Cl2N3O3S2/c1-29-14-4-6-16(17(12-14)30-2)25-22(31)27-9-7-26(8-10-27)21(28)20-19(24)15-5-3-13(23)11-18(15)32-20/h3-6,11-12H,7-10H2,1-2H3,(H,25,31). The van der Waals surface area contributed by atoms with Gasteiger partial charge in [-0.15, -0.1) is 11.3 Å². The summed E-state index contributed by atoms with van der Waals surface area (Å²) in [5.74, 6) is 1.27. The van der Waals surface area contributed by atoms with Crippen LogP contribution in [0.25, 0.3) is 10.1 Å². The lowest BCUT2D eigenvalue weighted by atomic mass is 10.2. The Labute approximate surface area is 205 Å². The first kappa shape index (κ1) is 22.9. The molecule has 0 saturated carbocycles. The van der Waals surface area contributed by atoms with Crippen LogP contribution in [-0.4, -0.2) is 61.2 Å². The third-order valence-electron chi connectivity index (χ3n) is 5.29. The second kappa shape index (κ2) is 9.70. The topological polar surface area (TPSA) is 54.0 Å². The third-order valence-corrected chi connectivity index (χ3v) is 7.53. The fourth-order valence-electron chi connectivity index (χ4n) is 3.53. The van der Waals surface area contributed by atoms with E-state index < -0.39 is 0 Å². The van der Waals surface area contributed by atoms with E-state index in [1.807, 2.05) is 34.1 Å². The number of thiocarbonyl (C=S) groups is 1. The molecule has 1 aliphatic rings. The highest BCUT2D eigenvalue weighted by molar-refractivity contribution is 7.80. The summed E-state index contributed by atoms with van der Waals surface area (Å²) in [5.41, 5.74) is 0.757. The summed E-state index contributed by atoms with van der Waals surface area (Å²) in [4.78, 5) is 17.5. The Balaban J connectivity index is 1.40. The molecule has 1 aromatic heterocycles. The molecule has 2 aromatic carbocycles. The number of nitrogens with one attached hydrogen (secondary N) is 1. The minimum Gasteiger partial charge on any atom is -0.497 e. The van der Waals surface area contributed by atoms with Gasteiger partial charge in [-0.25, -0.2) is 0 Å². The second-order valence-corrected chi connectivity index (χ2v) is 9.41. The molecule has 0 aliphatic carbocycles. The maximum atomic E-state index is 13.1. The molecule has 0 bridgehead atoms. The van der Waals surface area contributed by atoms with Crippen molar-refractivity contribution < 1.29 is 14.3 Å². The van der Waals surface area contributed by atoms with Gasteiger partial charge in [-0.1, -0.05) is 29.3 Å². The lowest BCUT2D eigenvalue weighted by molar-refractivity contribution is 0.0698. The molecule has 2 heterocycles. The number of nitrogens with zero attached hydrogens (tertiary/aromatic N) is 2. The quantitative estimate of drug-likeness (QED) is 0.476. The molecule has 1 aliphatic heterocycles. The van der Waals surface area contributed by atoms with Crippen LogP contribution in [0.15, 0.2) is 36.4 Å². The van der Waals surface area contributed by atoms with Crippen molar-refractivity contribution >= 4 is 73.5 Å². The summed E-state index contributed by atoms with van der Waals surface area (Å²) in [5, 5.41) is 5.77. The molecule has 4 rings (SSSR count). The fourth-order valence-corrected chi connectivity index (χ4v) is 5.58. The summed E-state index contributed by atoms with van der Waals surface area (Å²) in [7, 11) is 3.20. The number of ether oxygens (including phenoxy) is 2. The van der Waals surface area contributed by atoms with Crippen molar-refractivity contribution in [1.29, 1.82) is 0 Å². The Bertz CT molecular complexity index is 1180. The molecule has 0 unspecified atom stereocenters. The number of hydrogen-bond donors (Lipinski definition) is 1. The van der Waals surface area contributed by atoms with Gasteiger partial charge >= 0.3 is 0 Å². The van der Waals surface area contributed by atoms with Gasteiger partial charge in [-0.2, -0.15) is 0 Å². The van der Waals surface area contributed by atoms with Gasteiger partial charge in [-0.3, -0.25) is 4.79 Å². The fraction of sp³-hybridized carbons (Fsp3) is 0.273. The van der Waals surface area contributed by atoms with Gasteiger partial charge in [0.2, 0.25) is 0 Å². The minimum atomic E-state index is -0.0670. The molecular formula is C22H21Cl2N3O3S2. The van der Waals surface area contributed by atoms with Crippen LogP contribution in [0.1, 0.15) is 9.67 Å². The molecule has 1 N–H and O–H groups in total. The third kappa shape index (κ3) is 4.59. The highest BCUT2D eigenvalue weighted by Crippen LogP contribution is 2.37. The van der Waals surface area contributed by atoms with Gasteiger partial charge in [0.15, 0.2) is 5.11 Å². The predicted octanol–water partition coefficient (Wildman–Crippen LogP) is 5.38. The molecule has 10 heteroatoms. The van der Waals surface area contributed by atoms with Crippen LogP contribution in [0, 0.1) is 0 Å². The maximum absolute atomic E-state index is 13.1. The molecule has 1 saturated heterocycles. The van der Waals surface area contributed by atoms with Gasteiger partial charge in [0.1, 0.15) is 16.4 Å². The van der Waals surface area contributed by atoms with Crippen LogP contribution in [0.5, 0.6) is 11.5 Å². The van der Waals surface area contributed by atoms with Gasteiger partial charge in [0.25, 0.3) is 5.91 Å². The van der Waals surface area contributed by atoms with Crippen molar-refractivity contribution in [2.24, 2.45) is 0 Å². The highest BCUT2D eigenvalue weighted by Gasteiger charge is 2.27. The van der Waals surface area contributed by atoms with Gasteiger partial charge in [0.05, 0.1) is 24.9 Å². The SMILES string of the molecule is COc1ccc(NC(=S)N2CCN(C(=O)c3sc4cc(Cl)ccc4c3Cl)CC2)c(OC)c1. The number of carbonyl (C=O) groups excluding carboxylic acids is 1. The molecule has 0 spiro atoms. The van der Waals surface area contributed by atoms with E-state index in [0.29, 0.717) is 57.7 Å². The van der Waals surface area contributed by atoms with Crippen LogP contribution in [-0.2, 0) is 0 Å². The number of thiophene rings is 1. The van der Waals surface area contributed by atoms with Gasteiger partial charge in [-0.05, 0) is 36.5 Å². The normalized spacial score (nSPS) is 13.9. The Morgan fingerprint density at radius 3 is 2.44 bits per heavy atom. The molecule has 32 heavy (non-hydrogen) atoms. The lowest BCUT2D eigenvalue weighted by Gasteiger charge is -2.36. The van der Waals surface area contributed by atoms with Crippen molar-refractivity contribution in [2.75, 3.05) is 45.7 Å². The Kier molecular flexibility index (Phi) is 6.95. The monoisotopic (exact) mass is 509 g/mol. The summed E-state index contributed by atoms with van der Waals surface area (Å²) in [6, 6.07) is 11.0. The van der Waals surface area contributed by atoms with Crippen molar-refractivity contribution in [3.8, 4) is 11.5 Å². The van der Waals surface area contributed by atoms with E-state index >= 15 is 0 Å². The number of amides is 1. The number of anilines is 1. The van der Waals surface area contributed by atoms with Crippen molar-refractivity contribution in [2.45, 2.75) is 0 Å². The molecular weight excluding hydrogens is 489 g/mol. The second-order valence-electron chi connectivity index (χ2n) is 7.16. The largest absolute Gasteiger partial charge is 0.497 e. The van der Waals surface area contributed by atoms with E-state index in [1.54, 1.807) is 26.4 Å². The van der Waals surface area contributed by atoms with Crippen molar-refractivity contribution in [3.63, 3.8) is 0 Å². The number of fused-ring (bicyclic) bond motifs is 1. The first-order valence-corrected chi connectivity index (χ1v) is 11.8. The first-order chi connectivity index (χ1) is 15.4. The van der Waals surface area contributed by atoms with E-state index in [2.05, 4.69) is 5.32 Å². The van der Waals surface area contributed by atoms with Crippen LogP contribution in [0.2, 0.25) is 10.0 Å². The molecule has 0 atom stereocenters. The van der Waals surface area contributed by atoms with E-state index in [4.69, 9.17) is 44.9 Å². The van der Waals surface area contributed by atoms with Gasteiger partial charge in [0, 0.05) is 47.4 Å². The maximum Gasteiger partial charge on any atom is 0.265 e. The Hall–Kier alpha value is -2.26. The molecule has 1 amide bonds. The zero-order valence-corrected chi connectivity index (χ0v) is 20.6. The summed E-state index contributed by atoms with van der Waals surface area (Å²) >= 11 is 19.5. The van der Waals surface area contributed by atoms with Crippen LogP contribution in [0.4, 0.5) is 5.69 Å². The summed E-state index contributed by atoms with van der Waals surface area (Å²) in [6.07, 6.45) is 0. The Morgan fingerprint density at radius 2 is 1.75 bits per heavy atom.